The fraction of sp³-hybridized carbons (Fsp3) is 0.200. The van der Waals surface area contributed by atoms with Gasteiger partial charge >= 0.3 is 14.2 Å². The third-order valence-corrected chi connectivity index (χ3v) is 3.55. The highest BCUT2D eigenvalue weighted by Crippen LogP contribution is 2.16. The van der Waals surface area contributed by atoms with Gasteiger partial charge in [0.15, 0.2) is 0 Å². The Kier molecular flexibility index (Phi) is 5.68. The van der Waals surface area contributed by atoms with E-state index in [4.69, 9.17) is 9.47 Å². The number of benzene rings is 2. The maximum Gasteiger partial charge on any atom is 0.492 e. The SMILES string of the molecule is COc1ccc(Cc2ccc(OC)c(B(O)O)c2)cc1B(O)O. The largest absolute Gasteiger partial charge is 0.497 e. The van der Waals surface area contributed by atoms with Gasteiger partial charge in [0.1, 0.15) is 11.5 Å². The van der Waals surface area contributed by atoms with Crippen molar-refractivity contribution in [2.45, 2.75) is 6.42 Å². The molecule has 0 atom stereocenters. The van der Waals surface area contributed by atoms with Crippen LogP contribution >= 0.6 is 0 Å². The van der Waals surface area contributed by atoms with E-state index in [9.17, 15) is 20.1 Å². The minimum absolute atomic E-state index is 0.279. The molecule has 0 unspecified atom stereocenters. The highest BCUT2D eigenvalue weighted by molar-refractivity contribution is 6.60. The van der Waals surface area contributed by atoms with Crippen molar-refractivity contribution in [2.75, 3.05) is 14.2 Å². The van der Waals surface area contributed by atoms with Crippen LogP contribution in [0.15, 0.2) is 36.4 Å². The normalized spacial score (nSPS) is 10.3. The van der Waals surface area contributed by atoms with Crippen molar-refractivity contribution < 1.29 is 29.6 Å². The van der Waals surface area contributed by atoms with E-state index in [0.29, 0.717) is 17.9 Å². The molecule has 0 heterocycles. The van der Waals surface area contributed by atoms with Crippen molar-refractivity contribution in [3.05, 3.63) is 47.5 Å². The molecular formula is C15H18B2O6. The molecule has 0 spiro atoms. The van der Waals surface area contributed by atoms with E-state index < -0.39 is 14.2 Å². The zero-order valence-corrected chi connectivity index (χ0v) is 12.9. The third kappa shape index (κ3) is 4.05. The second kappa shape index (κ2) is 7.52. The molecule has 0 saturated carbocycles. The first kappa shape index (κ1) is 17.4. The van der Waals surface area contributed by atoms with Crippen molar-refractivity contribution in [3.8, 4) is 11.5 Å². The van der Waals surface area contributed by atoms with Gasteiger partial charge in [0.05, 0.1) is 14.2 Å². The van der Waals surface area contributed by atoms with Gasteiger partial charge < -0.3 is 29.6 Å². The fourth-order valence-electron chi connectivity index (χ4n) is 2.43. The minimum Gasteiger partial charge on any atom is -0.497 e. The Balaban J connectivity index is 2.32. The molecule has 0 amide bonds. The molecular weight excluding hydrogens is 298 g/mol. The van der Waals surface area contributed by atoms with Crippen molar-refractivity contribution in [3.63, 3.8) is 0 Å². The van der Waals surface area contributed by atoms with Gasteiger partial charge in [0.25, 0.3) is 0 Å². The van der Waals surface area contributed by atoms with E-state index in [2.05, 4.69) is 0 Å². The summed E-state index contributed by atoms with van der Waals surface area (Å²) in [4.78, 5) is 0. The van der Waals surface area contributed by atoms with Gasteiger partial charge in [-0.25, -0.2) is 0 Å². The predicted octanol–water partition coefficient (Wildman–Crippen LogP) is -1.35. The van der Waals surface area contributed by atoms with Gasteiger partial charge in [-0.2, -0.15) is 0 Å². The van der Waals surface area contributed by atoms with E-state index in [0.717, 1.165) is 11.1 Å². The van der Waals surface area contributed by atoms with Crippen LogP contribution in [0.4, 0.5) is 0 Å². The van der Waals surface area contributed by atoms with Gasteiger partial charge in [-0.05, 0) is 29.7 Å². The van der Waals surface area contributed by atoms with E-state index in [1.54, 1.807) is 24.3 Å². The van der Waals surface area contributed by atoms with Crippen molar-refractivity contribution in [2.24, 2.45) is 0 Å². The third-order valence-electron chi connectivity index (χ3n) is 3.55. The highest BCUT2D eigenvalue weighted by atomic mass is 16.5. The summed E-state index contributed by atoms with van der Waals surface area (Å²) < 4.78 is 10.2. The Morgan fingerprint density at radius 2 is 1.13 bits per heavy atom. The molecule has 0 fully saturated rings. The van der Waals surface area contributed by atoms with Crippen LogP contribution in [0, 0.1) is 0 Å². The van der Waals surface area contributed by atoms with Crippen LogP contribution in [0.25, 0.3) is 0 Å². The van der Waals surface area contributed by atoms with Gasteiger partial charge in [-0.3, -0.25) is 0 Å². The maximum atomic E-state index is 9.40. The first-order valence-electron chi connectivity index (χ1n) is 7.02. The molecule has 4 N–H and O–H groups in total. The lowest BCUT2D eigenvalue weighted by Crippen LogP contribution is -2.32. The molecule has 120 valence electrons. The van der Waals surface area contributed by atoms with Crippen LogP contribution in [0.1, 0.15) is 11.1 Å². The quantitative estimate of drug-likeness (QED) is 0.492. The minimum atomic E-state index is -1.63. The van der Waals surface area contributed by atoms with Crippen LogP contribution in [-0.4, -0.2) is 48.6 Å². The highest BCUT2D eigenvalue weighted by Gasteiger charge is 2.19. The monoisotopic (exact) mass is 316 g/mol. The van der Waals surface area contributed by atoms with Crippen LogP contribution in [0.2, 0.25) is 0 Å². The first-order valence-corrected chi connectivity index (χ1v) is 7.02. The molecule has 0 aromatic heterocycles. The Hall–Kier alpha value is -1.99. The Bertz CT molecular complexity index is 618. The summed E-state index contributed by atoms with van der Waals surface area (Å²) in [6.07, 6.45) is 0.480. The van der Waals surface area contributed by atoms with Gasteiger partial charge in [0.2, 0.25) is 0 Å². The summed E-state index contributed by atoms with van der Waals surface area (Å²) in [7, 11) is -0.343. The number of methoxy groups -OCH3 is 2. The molecule has 2 rings (SSSR count). The number of hydrogen-bond donors (Lipinski definition) is 4. The lowest BCUT2D eigenvalue weighted by Gasteiger charge is -2.12. The zero-order valence-electron chi connectivity index (χ0n) is 12.9. The second-order valence-corrected chi connectivity index (χ2v) is 5.08. The summed E-state index contributed by atoms with van der Waals surface area (Å²) >= 11 is 0. The summed E-state index contributed by atoms with van der Waals surface area (Å²) in [6.45, 7) is 0. The summed E-state index contributed by atoms with van der Waals surface area (Å²) in [5, 5.41) is 37.6. The molecule has 6 nitrogen and oxygen atoms in total. The van der Waals surface area contributed by atoms with Gasteiger partial charge in [0, 0.05) is 10.9 Å². The van der Waals surface area contributed by atoms with Crippen LogP contribution in [-0.2, 0) is 6.42 Å². The molecule has 0 aliphatic heterocycles. The van der Waals surface area contributed by atoms with Crippen LogP contribution in [0.3, 0.4) is 0 Å². The Morgan fingerprint density at radius 1 is 0.739 bits per heavy atom. The van der Waals surface area contributed by atoms with E-state index >= 15 is 0 Å². The number of hydrogen-bond acceptors (Lipinski definition) is 6. The molecule has 0 radical (unpaired) electrons. The molecule has 0 bridgehead atoms. The lowest BCUT2D eigenvalue weighted by atomic mass is 9.77. The van der Waals surface area contributed by atoms with Gasteiger partial charge in [-0.1, -0.05) is 24.3 Å². The van der Waals surface area contributed by atoms with E-state index in [1.807, 2.05) is 12.1 Å². The standard InChI is InChI=1S/C15H18B2O6/c1-22-14-5-3-10(8-12(14)16(18)19)7-11-4-6-15(23-2)13(9-11)17(20)21/h3-6,8-9,18-21H,7H2,1-2H3. The first-order chi connectivity index (χ1) is 11.0. The molecule has 0 aliphatic carbocycles. The van der Waals surface area contributed by atoms with E-state index in [-0.39, 0.29) is 10.9 Å². The predicted molar refractivity (Wildman–Crippen MR) is 88.4 cm³/mol. The second-order valence-electron chi connectivity index (χ2n) is 5.08. The van der Waals surface area contributed by atoms with Crippen molar-refractivity contribution >= 4 is 25.2 Å². The average molecular weight is 316 g/mol. The molecule has 8 heteroatoms. The smallest absolute Gasteiger partial charge is 0.492 e. The summed E-state index contributed by atoms with van der Waals surface area (Å²) in [5.74, 6) is 0.787. The summed E-state index contributed by atoms with van der Waals surface area (Å²) in [6, 6.07) is 10.2. The molecule has 0 saturated heterocycles. The maximum absolute atomic E-state index is 9.40. The summed E-state index contributed by atoms with van der Waals surface area (Å²) in [5.41, 5.74) is 2.22. The lowest BCUT2D eigenvalue weighted by molar-refractivity contribution is 0.402. The Labute approximate surface area is 135 Å². The fourth-order valence-corrected chi connectivity index (χ4v) is 2.43. The van der Waals surface area contributed by atoms with Crippen molar-refractivity contribution in [1.29, 1.82) is 0 Å². The molecule has 0 aliphatic rings. The van der Waals surface area contributed by atoms with Crippen LogP contribution < -0.4 is 20.4 Å². The van der Waals surface area contributed by atoms with Crippen molar-refractivity contribution in [1.82, 2.24) is 0 Å². The molecule has 2 aromatic carbocycles. The van der Waals surface area contributed by atoms with Gasteiger partial charge in [-0.15, -0.1) is 0 Å². The zero-order chi connectivity index (χ0) is 17.0. The number of rotatable bonds is 6. The average Bonchev–Trinajstić information content (AvgIpc) is 2.54. The molecule has 2 aromatic rings. The topological polar surface area (TPSA) is 99.4 Å². The Morgan fingerprint density at radius 3 is 1.43 bits per heavy atom. The van der Waals surface area contributed by atoms with Crippen LogP contribution in [0.5, 0.6) is 11.5 Å². The number of ether oxygens (including phenoxy) is 2. The van der Waals surface area contributed by atoms with E-state index in [1.165, 1.54) is 14.2 Å². The molecule has 23 heavy (non-hydrogen) atoms.